The molecule has 1 N–H and O–H groups in total. The van der Waals surface area contributed by atoms with Gasteiger partial charge in [0.15, 0.2) is 0 Å². The van der Waals surface area contributed by atoms with Gasteiger partial charge in [-0.1, -0.05) is 35.2 Å². The van der Waals surface area contributed by atoms with E-state index >= 15 is 0 Å². The zero-order valence-electron chi connectivity index (χ0n) is 12.5. The molecule has 1 saturated carbocycles. The second-order valence-electron chi connectivity index (χ2n) is 5.90. The van der Waals surface area contributed by atoms with E-state index in [4.69, 9.17) is 5.10 Å². The monoisotopic (exact) mass is 347 g/mol. The smallest absolute Gasteiger partial charge is 0.0815 e. The van der Waals surface area contributed by atoms with Gasteiger partial charge in [0, 0.05) is 16.4 Å². The first-order valence-corrected chi connectivity index (χ1v) is 8.56. The first-order valence-electron chi connectivity index (χ1n) is 7.76. The van der Waals surface area contributed by atoms with Gasteiger partial charge >= 0.3 is 0 Å². The molecular formula is C17H22BrN3. The summed E-state index contributed by atoms with van der Waals surface area (Å²) in [6.45, 7) is 2.88. The van der Waals surface area contributed by atoms with Gasteiger partial charge in [-0.2, -0.15) is 5.10 Å². The molecular weight excluding hydrogens is 326 g/mol. The average Bonchev–Trinajstić information content (AvgIpc) is 2.98. The normalized spacial score (nSPS) is 16.1. The molecule has 0 spiro atoms. The number of nitrogens with zero attached hydrogens (tertiary/aromatic N) is 2. The Morgan fingerprint density at radius 3 is 2.81 bits per heavy atom. The number of rotatable bonds is 4. The van der Waals surface area contributed by atoms with E-state index in [0.717, 1.165) is 22.4 Å². The van der Waals surface area contributed by atoms with Crippen molar-refractivity contribution >= 4 is 21.6 Å². The summed E-state index contributed by atoms with van der Waals surface area (Å²) in [7, 11) is 0. The van der Waals surface area contributed by atoms with Crippen LogP contribution in [0.2, 0.25) is 0 Å². The molecule has 1 aromatic carbocycles. The molecule has 0 atom stereocenters. The van der Waals surface area contributed by atoms with Crippen LogP contribution in [0.4, 0.5) is 5.69 Å². The molecule has 0 radical (unpaired) electrons. The Hall–Kier alpha value is -1.29. The van der Waals surface area contributed by atoms with Crippen LogP contribution in [0.3, 0.4) is 0 Å². The molecule has 4 heteroatoms. The molecule has 3 rings (SSSR count). The molecule has 1 aliphatic carbocycles. The molecule has 0 amide bonds. The summed E-state index contributed by atoms with van der Waals surface area (Å²) in [6, 6.07) is 9.07. The van der Waals surface area contributed by atoms with Crippen molar-refractivity contribution in [2.75, 3.05) is 5.32 Å². The van der Waals surface area contributed by atoms with Crippen LogP contribution < -0.4 is 5.32 Å². The summed E-state index contributed by atoms with van der Waals surface area (Å²) in [5, 5.41) is 8.18. The van der Waals surface area contributed by atoms with Gasteiger partial charge in [0.05, 0.1) is 18.3 Å². The molecule has 0 aliphatic heterocycles. The molecule has 2 aromatic rings. The molecule has 0 bridgehead atoms. The van der Waals surface area contributed by atoms with E-state index < -0.39 is 0 Å². The Morgan fingerprint density at radius 1 is 1.24 bits per heavy atom. The predicted molar refractivity (Wildman–Crippen MR) is 90.6 cm³/mol. The summed E-state index contributed by atoms with van der Waals surface area (Å²) < 4.78 is 3.32. The maximum Gasteiger partial charge on any atom is 0.0815 e. The lowest BCUT2D eigenvalue weighted by atomic mass is 9.96. The first-order chi connectivity index (χ1) is 10.2. The van der Waals surface area contributed by atoms with Gasteiger partial charge in [0.1, 0.15) is 0 Å². The van der Waals surface area contributed by atoms with Crippen LogP contribution in [-0.4, -0.2) is 9.78 Å². The van der Waals surface area contributed by atoms with E-state index in [1.54, 1.807) is 0 Å². The summed E-state index contributed by atoms with van der Waals surface area (Å²) in [6.07, 6.45) is 8.77. The summed E-state index contributed by atoms with van der Waals surface area (Å²) in [5.41, 5.74) is 3.50. The van der Waals surface area contributed by atoms with Crippen molar-refractivity contribution in [2.24, 2.45) is 0 Å². The fraction of sp³-hybridized carbons (Fsp3) is 0.471. The molecule has 112 valence electrons. The highest BCUT2D eigenvalue weighted by Gasteiger charge is 2.15. The molecule has 1 heterocycles. The van der Waals surface area contributed by atoms with E-state index in [0.29, 0.717) is 6.04 Å². The van der Waals surface area contributed by atoms with Crippen molar-refractivity contribution in [3.63, 3.8) is 0 Å². The van der Waals surface area contributed by atoms with Gasteiger partial charge in [-0.25, -0.2) is 0 Å². The molecule has 1 aliphatic rings. The number of benzene rings is 1. The van der Waals surface area contributed by atoms with Crippen LogP contribution in [0.5, 0.6) is 0 Å². The fourth-order valence-corrected chi connectivity index (χ4v) is 3.21. The third-order valence-corrected chi connectivity index (χ3v) is 5.13. The quantitative estimate of drug-likeness (QED) is 0.836. The number of aromatic nitrogens is 2. The Balaban J connectivity index is 1.60. The number of aryl methyl sites for hydroxylation is 1. The van der Waals surface area contributed by atoms with E-state index in [9.17, 15) is 0 Å². The first kappa shape index (κ1) is 14.6. The van der Waals surface area contributed by atoms with Crippen molar-refractivity contribution in [3.8, 4) is 0 Å². The Labute approximate surface area is 134 Å². The molecule has 1 aromatic heterocycles. The minimum absolute atomic E-state index is 0.613. The molecule has 3 nitrogen and oxygen atoms in total. The maximum atomic E-state index is 4.73. The number of nitrogens with one attached hydrogen (secondary N) is 1. The van der Waals surface area contributed by atoms with Crippen LogP contribution in [0.25, 0.3) is 0 Å². The summed E-state index contributed by atoms with van der Waals surface area (Å²) >= 11 is 3.53. The van der Waals surface area contributed by atoms with Crippen LogP contribution in [0, 0.1) is 6.92 Å². The number of hydrogen-bond donors (Lipinski definition) is 1. The van der Waals surface area contributed by atoms with Crippen LogP contribution in [0.1, 0.15) is 49.4 Å². The van der Waals surface area contributed by atoms with Gasteiger partial charge in [0.2, 0.25) is 0 Å². The highest BCUT2D eigenvalue weighted by molar-refractivity contribution is 9.10. The lowest BCUT2D eigenvalue weighted by Crippen LogP contribution is -2.13. The fourth-order valence-electron chi connectivity index (χ4n) is 2.97. The number of hydrogen-bond acceptors (Lipinski definition) is 2. The summed E-state index contributed by atoms with van der Waals surface area (Å²) in [4.78, 5) is 0. The number of halogens is 1. The SMILES string of the molecule is Cc1cc(NCc2ccn(C3CCCCC3)n2)ccc1Br. The second-order valence-corrected chi connectivity index (χ2v) is 6.75. The van der Waals surface area contributed by atoms with Crippen LogP contribution in [-0.2, 0) is 6.54 Å². The van der Waals surface area contributed by atoms with E-state index in [1.807, 2.05) is 0 Å². The van der Waals surface area contributed by atoms with Crippen molar-refractivity contribution in [1.29, 1.82) is 0 Å². The van der Waals surface area contributed by atoms with Gasteiger partial charge < -0.3 is 5.32 Å². The van der Waals surface area contributed by atoms with Crippen LogP contribution in [0.15, 0.2) is 34.9 Å². The Morgan fingerprint density at radius 2 is 2.05 bits per heavy atom. The van der Waals surface area contributed by atoms with E-state index in [-0.39, 0.29) is 0 Å². The standard InChI is InChI=1S/C17H22BrN3/c1-13-11-14(7-8-17(13)18)19-12-15-9-10-21(20-15)16-5-3-2-4-6-16/h7-11,16,19H,2-6,12H2,1H3. The third kappa shape index (κ3) is 3.67. The number of anilines is 1. The Bertz CT molecular complexity index is 600. The third-order valence-electron chi connectivity index (χ3n) is 4.24. The maximum absolute atomic E-state index is 4.73. The molecule has 21 heavy (non-hydrogen) atoms. The second kappa shape index (κ2) is 6.65. The highest BCUT2D eigenvalue weighted by Crippen LogP contribution is 2.27. The van der Waals surface area contributed by atoms with Crippen LogP contribution >= 0.6 is 15.9 Å². The molecule has 0 saturated heterocycles. The average molecular weight is 348 g/mol. The van der Waals surface area contributed by atoms with E-state index in [1.165, 1.54) is 37.7 Å². The van der Waals surface area contributed by atoms with Gasteiger partial charge in [-0.05, 0) is 49.6 Å². The van der Waals surface area contributed by atoms with Crippen molar-refractivity contribution in [2.45, 2.75) is 51.6 Å². The van der Waals surface area contributed by atoms with Gasteiger partial charge in [-0.3, -0.25) is 4.68 Å². The zero-order valence-corrected chi connectivity index (χ0v) is 14.1. The minimum atomic E-state index is 0.613. The largest absolute Gasteiger partial charge is 0.379 e. The van der Waals surface area contributed by atoms with Gasteiger partial charge in [-0.15, -0.1) is 0 Å². The highest BCUT2D eigenvalue weighted by atomic mass is 79.9. The minimum Gasteiger partial charge on any atom is -0.379 e. The molecule has 1 fully saturated rings. The summed E-state index contributed by atoms with van der Waals surface area (Å²) in [5.74, 6) is 0. The van der Waals surface area contributed by atoms with Crippen molar-refractivity contribution in [3.05, 3.63) is 46.2 Å². The van der Waals surface area contributed by atoms with E-state index in [2.05, 4.69) is 63.3 Å². The van der Waals surface area contributed by atoms with Crippen molar-refractivity contribution in [1.82, 2.24) is 9.78 Å². The van der Waals surface area contributed by atoms with Crippen molar-refractivity contribution < 1.29 is 0 Å². The zero-order chi connectivity index (χ0) is 14.7. The van der Waals surface area contributed by atoms with Gasteiger partial charge in [0.25, 0.3) is 0 Å². The Kier molecular flexibility index (Phi) is 4.63. The lowest BCUT2D eigenvalue weighted by molar-refractivity contribution is 0.328. The topological polar surface area (TPSA) is 29.9 Å². The predicted octanol–water partition coefficient (Wildman–Crippen LogP) is 5.07. The molecule has 0 unspecified atom stereocenters. The lowest BCUT2D eigenvalue weighted by Gasteiger charge is -2.21.